The summed E-state index contributed by atoms with van der Waals surface area (Å²) in [5.74, 6) is -6.97. The second kappa shape index (κ2) is 5.87. The first-order chi connectivity index (χ1) is 9.88. The quantitative estimate of drug-likeness (QED) is 0.839. The van der Waals surface area contributed by atoms with Crippen LogP contribution < -0.4 is 5.32 Å². The molecule has 0 fully saturated rings. The number of hydrogen-bond donors (Lipinski definition) is 2. The van der Waals surface area contributed by atoms with Crippen molar-refractivity contribution in [1.82, 2.24) is 10.2 Å². The van der Waals surface area contributed by atoms with E-state index < -0.39 is 34.9 Å². The number of anilines is 1. The average Bonchev–Trinajstić information content (AvgIpc) is 2.82. The van der Waals surface area contributed by atoms with Crippen LogP contribution >= 0.6 is 11.3 Å². The summed E-state index contributed by atoms with van der Waals surface area (Å²) in [5, 5.41) is 17.7. The molecule has 1 amide bonds. The molecule has 2 aromatic rings. The first-order valence-corrected chi connectivity index (χ1v) is 6.19. The van der Waals surface area contributed by atoms with Gasteiger partial charge in [0.15, 0.2) is 17.5 Å². The van der Waals surface area contributed by atoms with Gasteiger partial charge in [0.2, 0.25) is 5.13 Å². The zero-order valence-corrected chi connectivity index (χ0v) is 10.9. The van der Waals surface area contributed by atoms with Gasteiger partial charge in [0, 0.05) is 0 Å². The van der Waals surface area contributed by atoms with Crippen LogP contribution in [0.25, 0.3) is 0 Å². The predicted molar refractivity (Wildman–Crippen MR) is 65.5 cm³/mol. The van der Waals surface area contributed by atoms with E-state index in [0.29, 0.717) is 6.07 Å². The third kappa shape index (κ3) is 3.34. The van der Waals surface area contributed by atoms with Gasteiger partial charge in [-0.15, -0.1) is 10.2 Å². The number of benzene rings is 1. The molecule has 21 heavy (non-hydrogen) atoms. The van der Waals surface area contributed by atoms with Gasteiger partial charge in [0.05, 0.1) is 12.0 Å². The number of aliphatic carboxylic acids is 1. The minimum Gasteiger partial charge on any atom is -0.481 e. The highest BCUT2D eigenvalue weighted by Gasteiger charge is 2.20. The lowest BCUT2D eigenvalue weighted by Gasteiger charge is -2.03. The van der Waals surface area contributed by atoms with Crippen LogP contribution in [-0.4, -0.2) is 27.2 Å². The van der Waals surface area contributed by atoms with E-state index in [0.717, 1.165) is 17.4 Å². The van der Waals surface area contributed by atoms with Crippen molar-refractivity contribution in [3.63, 3.8) is 0 Å². The molecule has 0 saturated carbocycles. The Hall–Kier alpha value is -2.49. The lowest BCUT2D eigenvalue weighted by atomic mass is 10.2. The van der Waals surface area contributed by atoms with Gasteiger partial charge in [0.25, 0.3) is 5.91 Å². The van der Waals surface area contributed by atoms with E-state index in [-0.39, 0.29) is 16.6 Å². The Labute approximate surface area is 119 Å². The lowest BCUT2D eigenvalue weighted by molar-refractivity contribution is -0.136. The number of aromatic nitrogens is 2. The van der Waals surface area contributed by atoms with Gasteiger partial charge in [-0.05, 0) is 12.1 Å². The van der Waals surface area contributed by atoms with Crippen molar-refractivity contribution in [3.05, 3.63) is 40.2 Å². The number of nitrogens with zero attached hydrogens (tertiary/aromatic N) is 2. The van der Waals surface area contributed by atoms with Crippen molar-refractivity contribution < 1.29 is 27.9 Å². The third-order valence-electron chi connectivity index (χ3n) is 2.27. The third-order valence-corrected chi connectivity index (χ3v) is 3.11. The monoisotopic (exact) mass is 317 g/mol. The van der Waals surface area contributed by atoms with Crippen LogP contribution in [0.2, 0.25) is 0 Å². The maximum Gasteiger partial charge on any atom is 0.310 e. The summed E-state index contributed by atoms with van der Waals surface area (Å²) in [4.78, 5) is 22.2. The van der Waals surface area contributed by atoms with Crippen LogP contribution in [0, 0.1) is 17.5 Å². The highest BCUT2D eigenvalue weighted by molar-refractivity contribution is 7.15. The number of rotatable bonds is 4. The molecule has 0 saturated heterocycles. The minimum absolute atomic E-state index is 0.0830. The number of hydrogen-bond acceptors (Lipinski definition) is 5. The molecular weight excluding hydrogens is 311 g/mol. The molecule has 2 rings (SSSR count). The lowest BCUT2D eigenvalue weighted by Crippen LogP contribution is -2.15. The fourth-order valence-corrected chi connectivity index (χ4v) is 2.10. The summed E-state index contributed by atoms with van der Waals surface area (Å²) in [6.07, 6.45) is -0.382. The van der Waals surface area contributed by atoms with Crippen molar-refractivity contribution in [3.8, 4) is 0 Å². The molecule has 0 radical (unpaired) electrons. The second-order valence-electron chi connectivity index (χ2n) is 3.75. The van der Waals surface area contributed by atoms with E-state index in [1.807, 2.05) is 0 Å². The SMILES string of the molecule is O=C(O)Cc1nnc(NC(=O)c2ccc(F)c(F)c2F)s1. The molecule has 0 aliphatic heterocycles. The van der Waals surface area contributed by atoms with Gasteiger partial charge in [-0.1, -0.05) is 11.3 Å². The van der Waals surface area contributed by atoms with Crippen LogP contribution in [0.1, 0.15) is 15.4 Å². The van der Waals surface area contributed by atoms with E-state index in [4.69, 9.17) is 5.11 Å². The molecule has 2 N–H and O–H groups in total. The molecule has 1 aromatic carbocycles. The van der Waals surface area contributed by atoms with Gasteiger partial charge < -0.3 is 5.11 Å². The first kappa shape index (κ1) is 14.9. The number of carboxylic acids is 1. The van der Waals surface area contributed by atoms with Crippen molar-refractivity contribution in [2.75, 3.05) is 5.32 Å². The molecule has 110 valence electrons. The highest BCUT2D eigenvalue weighted by atomic mass is 32.1. The van der Waals surface area contributed by atoms with Crippen LogP contribution in [0.3, 0.4) is 0 Å². The number of carbonyl (C=O) groups is 2. The average molecular weight is 317 g/mol. The number of carbonyl (C=O) groups excluding carboxylic acids is 1. The Morgan fingerprint density at radius 3 is 2.57 bits per heavy atom. The smallest absolute Gasteiger partial charge is 0.310 e. The maximum atomic E-state index is 13.4. The largest absolute Gasteiger partial charge is 0.481 e. The molecule has 1 heterocycles. The normalized spacial score (nSPS) is 10.4. The van der Waals surface area contributed by atoms with E-state index in [1.54, 1.807) is 0 Å². The maximum absolute atomic E-state index is 13.4. The fourth-order valence-electron chi connectivity index (χ4n) is 1.37. The van der Waals surface area contributed by atoms with Crippen molar-refractivity contribution in [1.29, 1.82) is 0 Å². The number of carboxylic acid groups (broad SMARTS) is 1. The molecule has 0 spiro atoms. The van der Waals surface area contributed by atoms with E-state index in [1.165, 1.54) is 0 Å². The van der Waals surface area contributed by atoms with Crippen molar-refractivity contribution in [2.24, 2.45) is 0 Å². The topological polar surface area (TPSA) is 92.2 Å². The van der Waals surface area contributed by atoms with Gasteiger partial charge in [-0.3, -0.25) is 14.9 Å². The molecule has 10 heteroatoms. The number of halogens is 3. The Bertz CT molecular complexity index is 720. The predicted octanol–water partition coefficient (Wildman–Crippen LogP) is 1.83. The number of amides is 1. The van der Waals surface area contributed by atoms with Crippen LogP contribution in [0.15, 0.2) is 12.1 Å². The summed E-state index contributed by atoms with van der Waals surface area (Å²) < 4.78 is 39.2. The second-order valence-corrected chi connectivity index (χ2v) is 4.81. The van der Waals surface area contributed by atoms with Crippen molar-refractivity contribution >= 4 is 28.3 Å². The van der Waals surface area contributed by atoms with Gasteiger partial charge in [-0.25, -0.2) is 13.2 Å². The fraction of sp³-hybridized carbons (Fsp3) is 0.0909. The standard InChI is InChI=1S/C11H6F3N3O3S/c12-5-2-1-4(8(13)9(5)14)10(20)15-11-17-16-6(21-11)3-7(18)19/h1-2H,3H2,(H,18,19)(H,15,17,20). The summed E-state index contributed by atoms with van der Waals surface area (Å²) >= 11 is 0.772. The van der Waals surface area contributed by atoms with Gasteiger partial charge in [-0.2, -0.15) is 0 Å². The van der Waals surface area contributed by atoms with E-state index in [9.17, 15) is 22.8 Å². The molecule has 0 aliphatic rings. The first-order valence-electron chi connectivity index (χ1n) is 5.37. The van der Waals surface area contributed by atoms with Crippen LogP contribution in [0.4, 0.5) is 18.3 Å². The Balaban J connectivity index is 2.17. The van der Waals surface area contributed by atoms with Crippen molar-refractivity contribution in [2.45, 2.75) is 6.42 Å². The number of nitrogens with one attached hydrogen (secondary N) is 1. The van der Waals surface area contributed by atoms with Crippen LogP contribution in [-0.2, 0) is 11.2 Å². The molecule has 0 bridgehead atoms. The summed E-state index contributed by atoms with van der Waals surface area (Å²) in [6.45, 7) is 0. The molecule has 0 atom stereocenters. The van der Waals surface area contributed by atoms with E-state index >= 15 is 0 Å². The van der Waals surface area contributed by atoms with E-state index in [2.05, 4.69) is 15.5 Å². The molecule has 0 aliphatic carbocycles. The molecular formula is C11H6F3N3O3S. The summed E-state index contributed by atoms with van der Waals surface area (Å²) in [5.41, 5.74) is -0.705. The zero-order valence-electron chi connectivity index (χ0n) is 10.1. The van der Waals surface area contributed by atoms with Gasteiger partial charge in [0.1, 0.15) is 5.01 Å². The zero-order chi connectivity index (χ0) is 15.6. The van der Waals surface area contributed by atoms with Gasteiger partial charge >= 0.3 is 5.97 Å². The Morgan fingerprint density at radius 2 is 1.90 bits per heavy atom. The summed E-state index contributed by atoms with van der Waals surface area (Å²) in [6, 6.07) is 1.39. The Morgan fingerprint density at radius 1 is 1.19 bits per heavy atom. The Kier molecular flexibility index (Phi) is 4.17. The molecule has 0 unspecified atom stereocenters. The van der Waals surface area contributed by atoms with Crippen LogP contribution in [0.5, 0.6) is 0 Å². The highest BCUT2D eigenvalue weighted by Crippen LogP contribution is 2.19. The molecule has 1 aromatic heterocycles. The molecule has 6 nitrogen and oxygen atoms in total. The summed E-state index contributed by atoms with van der Waals surface area (Å²) in [7, 11) is 0. The minimum atomic E-state index is -1.76.